The Kier molecular flexibility index (Phi) is 4.78. The number of nitrogens with one attached hydrogen (secondary N) is 1. The number of halogens is 2. The minimum Gasteiger partial charge on any atom is -0.393 e. The molecular formula is C13H19F2NO2. The molecular weight excluding hydrogens is 240 g/mol. The highest BCUT2D eigenvalue weighted by atomic mass is 19.1. The fraction of sp³-hybridized carbons (Fsp3) is 0.538. The van der Waals surface area contributed by atoms with Crippen LogP contribution >= 0.6 is 0 Å². The van der Waals surface area contributed by atoms with E-state index in [0.717, 1.165) is 12.1 Å². The molecule has 0 bridgehead atoms. The standard InChI is InChI=1S/C13H19F2NO2/c1-8-4-12(15)10(5-11(8)14)9(2)16-6-13(3,18)7-17/h4-5,9,16-18H,6-7H2,1-3H3. The van der Waals surface area contributed by atoms with Gasteiger partial charge in [-0.15, -0.1) is 0 Å². The second-order valence-electron chi connectivity index (χ2n) is 4.88. The summed E-state index contributed by atoms with van der Waals surface area (Å²) in [5.74, 6) is -0.952. The molecule has 3 nitrogen and oxygen atoms in total. The number of benzene rings is 1. The molecule has 5 heteroatoms. The highest BCUT2D eigenvalue weighted by Crippen LogP contribution is 2.20. The van der Waals surface area contributed by atoms with Crippen LogP contribution in [0.3, 0.4) is 0 Å². The molecule has 0 spiro atoms. The first-order valence-corrected chi connectivity index (χ1v) is 5.79. The van der Waals surface area contributed by atoms with Gasteiger partial charge in [-0.1, -0.05) is 0 Å². The van der Waals surface area contributed by atoms with Crippen molar-refractivity contribution in [3.8, 4) is 0 Å². The summed E-state index contributed by atoms with van der Waals surface area (Å²) in [6, 6.07) is 1.83. The average Bonchev–Trinajstić information content (AvgIpc) is 2.31. The van der Waals surface area contributed by atoms with Gasteiger partial charge in [0.2, 0.25) is 0 Å². The molecule has 18 heavy (non-hydrogen) atoms. The summed E-state index contributed by atoms with van der Waals surface area (Å²) in [6.45, 7) is 4.30. The molecule has 3 N–H and O–H groups in total. The molecule has 0 radical (unpaired) electrons. The number of aliphatic hydroxyl groups is 2. The van der Waals surface area contributed by atoms with Gasteiger partial charge < -0.3 is 15.5 Å². The van der Waals surface area contributed by atoms with Gasteiger partial charge in [-0.3, -0.25) is 0 Å². The van der Waals surface area contributed by atoms with E-state index in [-0.39, 0.29) is 17.7 Å². The summed E-state index contributed by atoms with van der Waals surface area (Å²) < 4.78 is 27.0. The summed E-state index contributed by atoms with van der Waals surface area (Å²) in [6.07, 6.45) is 0. The lowest BCUT2D eigenvalue weighted by Gasteiger charge is -2.24. The van der Waals surface area contributed by atoms with Gasteiger partial charge in [0, 0.05) is 18.2 Å². The maximum Gasteiger partial charge on any atom is 0.128 e. The third-order valence-corrected chi connectivity index (χ3v) is 2.87. The molecule has 0 saturated heterocycles. The van der Waals surface area contributed by atoms with Crippen molar-refractivity contribution in [1.82, 2.24) is 5.32 Å². The predicted octanol–water partition coefficient (Wildman–Crippen LogP) is 1.67. The molecule has 0 aromatic heterocycles. The van der Waals surface area contributed by atoms with Crippen LogP contribution in [0.5, 0.6) is 0 Å². The Morgan fingerprint density at radius 1 is 1.33 bits per heavy atom. The quantitative estimate of drug-likeness (QED) is 0.754. The zero-order valence-corrected chi connectivity index (χ0v) is 10.8. The zero-order valence-electron chi connectivity index (χ0n) is 10.8. The molecule has 0 aliphatic rings. The molecule has 0 saturated carbocycles. The Balaban J connectivity index is 2.79. The second-order valence-corrected chi connectivity index (χ2v) is 4.88. The number of aliphatic hydroxyl groups excluding tert-OH is 1. The maximum absolute atomic E-state index is 13.7. The van der Waals surface area contributed by atoms with Crippen LogP contribution in [0.4, 0.5) is 8.78 Å². The molecule has 0 aliphatic carbocycles. The van der Waals surface area contributed by atoms with Gasteiger partial charge in [-0.05, 0) is 38.5 Å². The summed E-state index contributed by atoms with van der Waals surface area (Å²) in [5.41, 5.74) is -0.828. The Bertz CT molecular complexity index is 422. The molecule has 2 atom stereocenters. The van der Waals surface area contributed by atoms with Crippen LogP contribution in [0.1, 0.15) is 31.0 Å². The van der Waals surface area contributed by atoms with Crippen molar-refractivity contribution >= 4 is 0 Å². The van der Waals surface area contributed by atoms with Crippen molar-refractivity contribution in [2.75, 3.05) is 13.2 Å². The molecule has 0 fully saturated rings. The first kappa shape index (κ1) is 15.0. The molecule has 0 aliphatic heterocycles. The summed E-state index contributed by atoms with van der Waals surface area (Å²) >= 11 is 0. The van der Waals surface area contributed by atoms with Crippen LogP contribution < -0.4 is 5.32 Å². The fourth-order valence-corrected chi connectivity index (χ4v) is 1.53. The minimum atomic E-state index is -1.28. The van der Waals surface area contributed by atoms with E-state index in [1.807, 2.05) is 0 Å². The Morgan fingerprint density at radius 3 is 2.50 bits per heavy atom. The van der Waals surface area contributed by atoms with Gasteiger partial charge in [-0.25, -0.2) is 8.78 Å². The van der Waals surface area contributed by atoms with E-state index >= 15 is 0 Å². The van der Waals surface area contributed by atoms with Crippen molar-refractivity contribution in [3.63, 3.8) is 0 Å². The number of rotatable bonds is 5. The van der Waals surface area contributed by atoms with Crippen molar-refractivity contribution in [1.29, 1.82) is 0 Å². The van der Waals surface area contributed by atoms with Crippen LogP contribution in [0.15, 0.2) is 12.1 Å². The molecule has 0 amide bonds. The highest BCUT2D eigenvalue weighted by Gasteiger charge is 2.21. The van der Waals surface area contributed by atoms with Gasteiger partial charge in [-0.2, -0.15) is 0 Å². The van der Waals surface area contributed by atoms with E-state index in [0.29, 0.717) is 0 Å². The first-order chi connectivity index (χ1) is 8.26. The van der Waals surface area contributed by atoms with E-state index in [1.54, 1.807) is 6.92 Å². The topological polar surface area (TPSA) is 52.5 Å². The SMILES string of the molecule is Cc1cc(F)c(C(C)NCC(C)(O)CO)cc1F. The van der Waals surface area contributed by atoms with Crippen molar-refractivity contribution in [3.05, 3.63) is 34.9 Å². The lowest BCUT2D eigenvalue weighted by Crippen LogP contribution is -2.41. The Labute approximate surface area is 105 Å². The average molecular weight is 259 g/mol. The van der Waals surface area contributed by atoms with E-state index in [2.05, 4.69) is 5.32 Å². The summed E-state index contributed by atoms with van der Waals surface area (Å²) in [5, 5.41) is 21.4. The Morgan fingerprint density at radius 2 is 1.94 bits per heavy atom. The van der Waals surface area contributed by atoms with Gasteiger partial charge in [0.1, 0.15) is 11.6 Å². The van der Waals surface area contributed by atoms with Crippen molar-refractivity contribution < 1.29 is 19.0 Å². The minimum absolute atomic E-state index is 0.0829. The lowest BCUT2D eigenvalue weighted by molar-refractivity contribution is 0.000984. The Hall–Kier alpha value is -1.04. The van der Waals surface area contributed by atoms with Crippen LogP contribution in [0.25, 0.3) is 0 Å². The number of aryl methyl sites for hydroxylation is 1. The largest absolute Gasteiger partial charge is 0.393 e. The normalized spacial score (nSPS) is 16.4. The molecule has 102 valence electrons. The summed E-state index contributed by atoms with van der Waals surface area (Å²) in [7, 11) is 0. The van der Waals surface area contributed by atoms with Crippen LogP contribution in [0, 0.1) is 18.6 Å². The van der Waals surface area contributed by atoms with Gasteiger partial charge >= 0.3 is 0 Å². The third kappa shape index (κ3) is 3.73. The molecule has 0 heterocycles. The monoisotopic (exact) mass is 259 g/mol. The molecule has 2 unspecified atom stereocenters. The lowest BCUT2D eigenvalue weighted by atomic mass is 10.0. The first-order valence-electron chi connectivity index (χ1n) is 5.79. The van der Waals surface area contributed by atoms with Crippen LogP contribution in [0.2, 0.25) is 0 Å². The number of hydrogen-bond acceptors (Lipinski definition) is 3. The van der Waals surface area contributed by atoms with E-state index < -0.39 is 29.9 Å². The molecule has 1 aromatic carbocycles. The fourth-order valence-electron chi connectivity index (χ4n) is 1.53. The van der Waals surface area contributed by atoms with Crippen LogP contribution in [-0.2, 0) is 0 Å². The van der Waals surface area contributed by atoms with Gasteiger partial charge in [0.05, 0.1) is 12.2 Å². The van der Waals surface area contributed by atoms with Gasteiger partial charge in [0.25, 0.3) is 0 Å². The van der Waals surface area contributed by atoms with E-state index in [1.165, 1.54) is 13.8 Å². The molecule has 1 rings (SSSR count). The second kappa shape index (κ2) is 5.73. The van der Waals surface area contributed by atoms with Crippen molar-refractivity contribution in [2.24, 2.45) is 0 Å². The zero-order chi connectivity index (χ0) is 13.9. The van der Waals surface area contributed by atoms with Gasteiger partial charge in [0.15, 0.2) is 0 Å². The van der Waals surface area contributed by atoms with Crippen LogP contribution in [-0.4, -0.2) is 29.0 Å². The highest BCUT2D eigenvalue weighted by molar-refractivity contribution is 5.27. The molecule has 1 aromatic rings. The predicted molar refractivity (Wildman–Crippen MR) is 65.2 cm³/mol. The number of hydrogen-bond donors (Lipinski definition) is 3. The van der Waals surface area contributed by atoms with E-state index in [4.69, 9.17) is 5.11 Å². The smallest absolute Gasteiger partial charge is 0.128 e. The third-order valence-electron chi connectivity index (χ3n) is 2.87. The van der Waals surface area contributed by atoms with Crippen molar-refractivity contribution in [2.45, 2.75) is 32.4 Å². The van der Waals surface area contributed by atoms with E-state index in [9.17, 15) is 13.9 Å². The summed E-state index contributed by atoms with van der Waals surface area (Å²) in [4.78, 5) is 0. The maximum atomic E-state index is 13.7.